The predicted molar refractivity (Wildman–Crippen MR) is 87.1 cm³/mol. The molecular formula is C20H18O4. The van der Waals surface area contributed by atoms with Crippen LogP contribution in [0.15, 0.2) is 60.7 Å². The highest BCUT2D eigenvalue weighted by Crippen LogP contribution is 2.72. The Bertz CT molecular complexity index is 727. The molecule has 0 amide bonds. The van der Waals surface area contributed by atoms with Crippen molar-refractivity contribution in [1.82, 2.24) is 0 Å². The standard InChI is InChI=1S/C20H18O4/c1-19(2)23-17(21)20(18(22)24-19)15(13-9-5-3-6-10-13)16(20)14-11-7-4-8-12-14/h3-12,15-16H,1-2H3/t15-,16?/m1/s1. The average Bonchev–Trinajstić information content (AvgIpc) is 3.25. The third kappa shape index (κ3) is 1.99. The van der Waals surface area contributed by atoms with Gasteiger partial charge in [-0.1, -0.05) is 60.7 Å². The number of hydrogen-bond acceptors (Lipinski definition) is 4. The van der Waals surface area contributed by atoms with Crippen LogP contribution >= 0.6 is 0 Å². The fourth-order valence-corrected chi connectivity index (χ4v) is 3.85. The second kappa shape index (κ2) is 4.94. The largest absolute Gasteiger partial charge is 0.422 e. The van der Waals surface area contributed by atoms with Gasteiger partial charge in [-0.15, -0.1) is 0 Å². The number of cyclic esters (lactones) is 2. The van der Waals surface area contributed by atoms with Crippen LogP contribution in [0.4, 0.5) is 0 Å². The summed E-state index contributed by atoms with van der Waals surface area (Å²) in [5.74, 6) is -2.74. The third-order valence-corrected chi connectivity index (χ3v) is 4.88. The van der Waals surface area contributed by atoms with Crippen molar-refractivity contribution in [2.75, 3.05) is 0 Å². The van der Waals surface area contributed by atoms with Crippen molar-refractivity contribution in [2.45, 2.75) is 31.5 Å². The van der Waals surface area contributed by atoms with Gasteiger partial charge < -0.3 is 9.47 Å². The summed E-state index contributed by atoms with van der Waals surface area (Å²) in [7, 11) is 0. The highest BCUT2D eigenvalue weighted by atomic mass is 16.7. The zero-order valence-electron chi connectivity index (χ0n) is 13.6. The Hall–Kier alpha value is -2.62. The van der Waals surface area contributed by atoms with Crippen LogP contribution in [-0.4, -0.2) is 17.7 Å². The second-order valence-corrected chi connectivity index (χ2v) is 6.82. The summed E-state index contributed by atoms with van der Waals surface area (Å²) in [5.41, 5.74) is 0.609. The second-order valence-electron chi connectivity index (χ2n) is 6.82. The molecule has 4 nitrogen and oxygen atoms in total. The van der Waals surface area contributed by atoms with Crippen molar-refractivity contribution in [1.29, 1.82) is 0 Å². The molecule has 2 aromatic carbocycles. The van der Waals surface area contributed by atoms with Crippen molar-refractivity contribution in [2.24, 2.45) is 5.41 Å². The van der Waals surface area contributed by atoms with E-state index in [0.717, 1.165) is 11.1 Å². The lowest BCUT2D eigenvalue weighted by Gasteiger charge is -2.34. The zero-order chi connectivity index (χ0) is 16.9. The molecule has 2 atom stereocenters. The highest BCUT2D eigenvalue weighted by molar-refractivity contribution is 6.08. The summed E-state index contributed by atoms with van der Waals surface area (Å²) in [6.45, 7) is 3.15. The van der Waals surface area contributed by atoms with Gasteiger partial charge in [0.1, 0.15) is 0 Å². The Balaban J connectivity index is 1.83. The first kappa shape index (κ1) is 14.9. The molecule has 2 aromatic rings. The normalized spacial score (nSPS) is 26.6. The average molecular weight is 322 g/mol. The van der Waals surface area contributed by atoms with E-state index < -0.39 is 23.1 Å². The van der Waals surface area contributed by atoms with Crippen molar-refractivity contribution in [3.63, 3.8) is 0 Å². The topological polar surface area (TPSA) is 52.6 Å². The van der Waals surface area contributed by atoms with Crippen molar-refractivity contribution in [3.8, 4) is 0 Å². The summed E-state index contributed by atoms with van der Waals surface area (Å²) in [6, 6.07) is 19.2. The number of esters is 2. The van der Waals surface area contributed by atoms with E-state index in [1.807, 2.05) is 60.7 Å². The van der Waals surface area contributed by atoms with E-state index >= 15 is 0 Å². The quantitative estimate of drug-likeness (QED) is 0.628. The molecule has 1 unspecified atom stereocenters. The van der Waals surface area contributed by atoms with E-state index in [1.54, 1.807) is 13.8 Å². The number of carbonyl (C=O) groups is 2. The molecule has 4 rings (SSSR count). The Morgan fingerprint density at radius 1 is 0.708 bits per heavy atom. The van der Waals surface area contributed by atoms with Crippen LogP contribution in [0.5, 0.6) is 0 Å². The molecular weight excluding hydrogens is 304 g/mol. The van der Waals surface area contributed by atoms with E-state index in [0.29, 0.717) is 0 Å². The molecule has 1 aliphatic heterocycles. The summed E-state index contributed by atoms with van der Waals surface area (Å²) in [5, 5.41) is 0. The van der Waals surface area contributed by atoms with Gasteiger partial charge >= 0.3 is 11.9 Å². The van der Waals surface area contributed by atoms with Crippen molar-refractivity contribution < 1.29 is 19.1 Å². The fraction of sp³-hybridized carbons (Fsp3) is 0.300. The third-order valence-electron chi connectivity index (χ3n) is 4.88. The van der Waals surface area contributed by atoms with Crippen LogP contribution in [0.25, 0.3) is 0 Å². The van der Waals surface area contributed by atoms with Gasteiger partial charge in [0, 0.05) is 25.7 Å². The minimum atomic E-state index is -1.28. The maximum Gasteiger partial charge on any atom is 0.328 e. The molecule has 1 spiro atoms. The summed E-state index contributed by atoms with van der Waals surface area (Å²) in [6.07, 6.45) is 0. The number of ether oxygens (including phenoxy) is 2. The Labute approximate surface area is 140 Å². The van der Waals surface area contributed by atoms with Gasteiger partial charge in [0.25, 0.3) is 5.79 Å². The predicted octanol–water partition coefficient (Wildman–Crippen LogP) is 3.39. The first-order valence-corrected chi connectivity index (χ1v) is 8.03. The minimum absolute atomic E-state index is 0.266. The smallest absolute Gasteiger partial charge is 0.328 e. The van der Waals surface area contributed by atoms with Crippen molar-refractivity contribution in [3.05, 3.63) is 71.8 Å². The van der Waals surface area contributed by atoms with Gasteiger partial charge in [-0.25, -0.2) is 0 Å². The van der Waals surface area contributed by atoms with Crippen LogP contribution in [0.3, 0.4) is 0 Å². The summed E-state index contributed by atoms with van der Waals surface area (Å²) in [4.78, 5) is 25.7. The van der Waals surface area contributed by atoms with Gasteiger partial charge in [0.05, 0.1) is 0 Å². The van der Waals surface area contributed by atoms with Crippen LogP contribution < -0.4 is 0 Å². The molecule has 1 saturated heterocycles. The molecule has 24 heavy (non-hydrogen) atoms. The SMILES string of the molecule is CC1(C)OC(=O)C2(C(=O)O1)C(c1ccccc1)[C@H]2c1ccccc1. The molecule has 0 bridgehead atoms. The number of benzene rings is 2. The molecule has 2 fully saturated rings. The maximum atomic E-state index is 12.8. The van der Waals surface area contributed by atoms with Crippen LogP contribution in [0.1, 0.15) is 36.8 Å². The van der Waals surface area contributed by atoms with E-state index in [9.17, 15) is 9.59 Å². The number of hydrogen-bond donors (Lipinski definition) is 0. The van der Waals surface area contributed by atoms with E-state index in [1.165, 1.54) is 0 Å². The van der Waals surface area contributed by atoms with Crippen molar-refractivity contribution >= 4 is 11.9 Å². The van der Waals surface area contributed by atoms with Gasteiger partial charge in [-0.3, -0.25) is 9.59 Å². The van der Waals surface area contributed by atoms with Gasteiger partial charge in [0.2, 0.25) is 0 Å². The molecule has 1 aliphatic carbocycles. The Morgan fingerprint density at radius 2 is 1.08 bits per heavy atom. The monoisotopic (exact) mass is 322 g/mol. The lowest BCUT2D eigenvalue weighted by atomic mass is 9.96. The highest BCUT2D eigenvalue weighted by Gasteiger charge is 2.79. The summed E-state index contributed by atoms with van der Waals surface area (Å²) >= 11 is 0. The molecule has 122 valence electrons. The first-order chi connectivity index (χ1) is 11.5. The first-order valence-electron chi connectivity index (χ1n) is 8.03. The molecule has 4 heteroatoms. The lowest BCUT2D eigenvalue weighted by Crippen LogP contribution is -2.48. The Morgan fingerprint density at radius 3 is 1.46 bits per heavy atom. The lowest BCUT2D eigenvalue weighted by molar-refractivity contribution is -0.243. The minimum Gasteiger partial charge on any atom is -0.422 e. The van der Waals surface area contributed by atoms with Gasteiger partial charge in [0.15, 0.2) is 5.41 Å². The van der Waals surface area contributed by atoms with E-state index in [2.05, 4.69) is 0 Å². The zero-order valence-corrected chi connectivity index (χ0v) is 13.6. The van der Waals surface area contributed by atoms with E-state index in [-0.39, 0.29) is 11.8 Å². The van der Waals surface area contributed by atoms with Crippen LogP contribution in [0, 0.1) is 5.41 Å². The van der Waals surface area contributed by atoms with Gasteiger partial charge in [-0.2, -0.15) is 0 Å². The number of carbonyl (C=O) groups excluding carboxylic acids is 2. The van der Waals surface area contributed by atoms with Crippen LogP contribution in [-0.2, 0) is 19.1 Å². The fourth-order valence-electron chi connectivity index (χ4n) is 3.85. The Kier molecular flexibility index (Phi) is 3.07. The molecule has 1 saturated carbocycles. The van der Waals surface area contributed by atoms with Crippen LogP contribution in [0.2, 0.25) is 0 Å². The molecule has 2 aliphatic rings. The molecule has 0 radical (unpaired) electrons. The van der Waals surface area contributed by atoms with Gasteiger partial charge in [-0.05, 0) is 11.1 Å². The maximum absolute atomic E-state index is 12.8. The molecule has 1 heterocycles. The van der Waals surface area contributed by atoms with E-state index in [4.69, 9.17) is 9.47 Å². The molecule has 0 N–H and O–H groups in total. The molecule has 0 aromatic heterocycles. The number of rotatable bonds is 2. The summed E-state index contributed by atoms with van der Waals surface area (Å²) < 4.78 is 10.9.